The summed E-state index contributed by atoms with van der Waals surface area (Å²) in [5.74, 6) is 0. The monoisotopic (exact) mass is 2010 g/mol. The fraction of sp³-hybridized carbons (Fsp3) is 0.229. The number of rotatable bonds is 27. The SMILES string of the molecule is CC1(C)OB(c2ccc3c4cccc5cccc(c6cccc2c63)c54)OC1(C)C.CCCCCCc1ccc(C2(c3ccc(CCCCCC)cc3)c3cc(-c4ccc5c6cccc7cccc(c8cccc4c85)c76)ccc3-c3ccc(-c4ccc5c6cccc7cccc(c8cccc4c85)c76)cc32)cc1.CCCCCCc1ccc(C2(c3ccc(CCCCCC)cc3)c3cc(Br)ccc3-c3ccc(Br)cc32)cc1. The lowest BCUT2D eigenvalue weighted by Crippen LogP contribution is -2.41. The summed E-state index contributed by atoms with van der Waals surface area (Å²) >= 11 is 7.63. The van der Waals surface area contributed by atoms with Crippen molar-refractivity contribution in [3.8, 4) is 44.5 Å². The number of hydrogen-bond acceptors (Lipinski definition) is 2. The van der Waals surface area contributed by atoms with E-state index in [1.807, 2.05) is 0 Å². The largest absolute Gasteiger partial charge is 0.495 e. The van der Waals surface area contributed by atoms with Crippen molar-refractivity contribution in [1.82, 2.24) is 0 Å². The molecule has 0 radical (unpaired) electrons. The maximum atomic E-state index is 6.39. The molecule has 23 aromatic carbocycles. The third-order valence-corrected chi connectivity index (χ3v) is 34.7. The molecule has 145 heavy (non-hydrogen) atoms. The summed E-state index contributed by atoms with van der Waals surface area (Å²) in [6.45, 7) is 17.6. The van der Waals surface area contributed by atoms with E-state index in [4.69, 9.17) is 9.31 Å². The molecule has 0 atom stereocenters. The maximum Gasteiger partial charge on any atom is 0.495 e. The molecule has 0 aromatic heterocycles. The molecule has 1 fully saturated rings. The number of benzene rings is 23. The number of halogens is 2. The number of aryl methyl sites for hydroxylation is 4. The molecule has 1 saturated heterocycles. The first kappa shape index (κ1) is 94.2. The minimum absolute atomic E-state index is 0.352. The fourth-order valence-electron chi connectivity index (χ4n) is 25.9. The summed E-state index contributed by atoms with van der Waals surface area (Å²) < 4.78 is 15.0. The van der Waals surface area contributed by atoms with Crippen LogP contribution in [-0.4, -0.2) is 18.3 Å². The molecule has 2 aliphatic carbocycles. The third kappa shape index (κ3) is 16.2. The normalized spacial score (nSPS) is 14.3. The molecule has 2 nitrogen and oxygen atoms in total. The smallest absolute Gasteiger partial charge is 0.399 e. The van der Waals surface area contributed by atoms with E-state index in [9.17, 15) is 0 Å². The maximum absolute atomic E-state index is 6.39. The van der Waals surface area contributed by atoms with Crippen LogP contribution in [0.5, 0.6) is 0 Å². The fourth-order valence-corrected chi connectivity index (χ4v) is 26.6. The van der Waals surface area contributed by atoms with E-state index in [1.165, 1.54) is 343 Å². The Balaban J connectivity index is 0.000000137. The zero-order valence-corrected chi connectivity index (χ0v) is 88.2. The van der Waals surface area contributed by atoms with Crippen LogP contribution in [-0.2, 0) is 45.8 Å². The van der Waals surface area contributed by atoms with Crippen LogP contribution in [0.4, 0.5) is 0 Å². The molecule has 1 heterocycles. The average molecular weight is 2010 g/mol. The molecular formula is C140H125BBr2O2. The van der Waals surface area contributed by atoms with E-state index >= 15 is 0 Å². The molecule has 5 heteroatoms. The highest BCUT2D eigenvalue weighted by Gasteiger charge is 2.53. The van der Waals surface area contributed by atoms with E-state index in [-0.39, 0.29) is 23.7 Å². The summed E-state index contributed by atoms with van der Waals surface area (Å²) in [5.41, 5.74) is 26.2. The Morgan fingerprint density at radius 2 is 0.455 bits per heavy atom. The van der Waals surface area contributed by atoms with Gasteiger partial charge in [-0.3, -0.25) is 0 Å². The Bertz CT molecular complexity index is 8260. The van der Waals surface area contributed by atoms with Gasteiger partial charge in [0, 0.05) is 8.95 Å². The van der Waals surface area contributed by atoms with Gasteiger partial charge in [-0.25, -0.2) is 0 Å². The van der Waals surface area contributed by atoms with Crippen molar-refractivity contribution < 1.29 is 9.31 Å². The van der Waals surface area contributed by atoms with Gasteiger partial charge < -0.3 is 9.31 Å². The highest BCUT2D eigenvalue weighted by Crippen LogP contribution is 2.61. The Hall–Kier alpha value is -13.1. The van der Waals surface area contributed by atoms with Gasteiger partial charge in [-0.1, -0.05) is 470 Å². The van der Waals surface area contributed by atoms with E-state index in [0.717, 1.165) is 40.1 Å². The second kappa shape index (κ2) is 39.0. The predicted octanol–water partition coefficient (Wildman–Crippen LogP) is 39.6. The molecular weight excluding hydrogens is 1880 g/mol. The Morgan fingerprint density at radius 1 is 0.214 bits per heavy atom. The second-order valence-electron chi connectivity index (χ2n) is 42.9. The van der Waals surface area contributed by atoms with Gasteiger partial charge in [-0.05, 0) is 361 Å². The minimum atomic E-state index is -0.597. The summed E-state index contributed by atoms with van der Waals surface area (Å²) in [4.78, 5) is 0. The van der Waals surface area contributed by atoms with Crippen LogP contribution in [0.2, 0.25) is 0 Å². The number of unbranched alkanes of at least 4 members (excludes halogenated alkanes) is 12. The predicted molar refractivity (Wildman–Crippen MR) is 631 cm³/mol. The topological polar surface area (TPSA) is 18.5 Å². The zero-order chi connectivity index (χ0) is 98.4. The molecule has 0 amide bonds. The van der Waals surface area contributed by atoms with Crippen LogP contribution in [0.25, 0.3) is 174 Å². The lowest BCUT2D eigenvalue weighted by atomic mass is 9.66. The molecule has 23 aromatic rings. The Labute approximate surface area is 872 Å². The van der Waals surface area contributed by atoms with Crippen LogP contribution >= 0.6 is 31.9 Å². The van der Waals surface area contributed by atoms with Crippen LogP contribution in [0.3, 0.4) is 0 Å². The van der Waals surface area contributed by atoms with Crippen molar-refractivity contribution in [2.45, 2.75) is 206 Å². The molecule has 1 aliphatic heterocycles. The van der Waals surface area contributed by atoms with Crippen molar-refractivity contribution in [2.24, 2.45) is 0 Å². The van der Waals surface area contributed by atoms with Crippen molar-refractivity contribution in [2.75, 3.05) is 0 Å². The first-order chi connectivity index (χ1) is 71.1. The van der Waals surface area contributed by atoms with Gasteiger partial charge in [-0.2, -0.15) is 0 Å². The van der Waals surface area contributed by atoms with Crippen molar-refractivity contribution in [3.05, 3.63) is 446 Å². The van der Waals surface area contributed by atoms with E-state index in [0.29, 0.717) is 0 Å². The summed E-state index contributed by atoms with van der Waals surface area (Å²) in [6.07, 6.45) is 25.0. The summed E-state index contributed by atoms with van der Waals surface area (Å²) in [5, 5.41) is 31.6. The molecule has 0 bridgehead atoms. The summed E-state index contributed by atoms with van der Waals surface area (Å²) in [7, 11) is -0.364. The summed E-state index contributed by atoms with van der Waals surface area (Å²) in [6, 6.07) is 142. The average Bonchev–Trinajstić information content (AvgIpc) is 1.55. The van der Waals surface area contributed by atoms with Gasteiger partial charge in [0.1, 0.15) is 0 Å². The van der Waals surface area contributed by atoms with Gasteiger partial charge in [0.25, 0.3) is 0 Å². The van der Waals surface area contributed by atoms with E-state index in [1.54, 1.807) is 0 Å². The Morgan fingerprint density at radius 3 is 0.759 bits per heavy atom. The third-order valence-electron chi connectivity index (χ3n) is 33.8. The molecule has 714 valence electrons. The highest BCUT2D eigenvalue weighted by molar-refractivity contribution is 9.10. The molecule has 0 saturated carbocycles. The van der Waals surface area contributed by atoms with Crippen LogP contribution in [0, 0.1) is 0 Å². The van der Waals surface area contributed by atoms with E-state index < -0.39 is 5.41 Å². The molecule has 26 rings (SSSR count). The molecule has 0 N–H and O–H groups in total. The lowest BCUT2D eigenvalue weighted by Gasteiger charge is -2.35. The van der Waals surface area contributed by atoms with Crippen LogP contribution in [0.1, 0.15) is 225 Å². The minimum Gasteiger partial charge on any atom is -0.399 e. The number of hydrogen-bond donors (Lipinski definition) is 0. The standard InChI is InChI=1S/C77H62.C37H40Br2.C26H23BO2/c1-3-5-7-9-17-49-31-37-55(38-32-49)77(56-39-33-50(34-40-56)18-10-8-6-4-2)71-47-53(57-43-45-69-65-25-13-21-51-19-11-23-63(73(51)65)67-29-15-27-61(57)75(67)69)35-41-59(71)60-42-36-54(48-72(60)77)58-44-46-70-66-26-14-22-52-20-12-24-64(74(52)66)68-30-16-28-62(58)76(68)70;1-3-5-7-9-11-27-13-17-29(18-14-27)37(30-19-15-28(16-20-30)12-10-8-6-4-2)35-25-31(38)21-23-33(35)34-24-22-32(39)26-36(34)37;1-25(2)26(3,4)29-27(28-25)22-15-14-20-18-11-6-9-16-8-5-10-17(23(16)18)19-12-7-13-21(22)24(19)20/h11-16,19-48H,3-10,17-18H2,1-2H3;13-26H,3-12H2,1-2H3;5-15H,1-4H3. The first-order valence-electron chi connectivity index (χ1n) is 54.0. The molecule has 0 unspecified atom stereocenters. The lowest BCUT2D eigenvalue weighted by molar-refractivity contribution is 0.00578. The molecule has 3 aliphatic rings. The van der Waals surface area contributed by atoms with Crippen molar-refractivity contribution in [3.63, 3.8) is 0 Å². The van der Waals surface area contributed by atoms with Gasteiger partial charge >= 0.3 is 7.12 Å². The van der Waals surface area contributed by atoms with Gasteiger partial charge in [0.05, 0.1) is 22.0 Å². The van der Waals surface area contributed by atoms with E-state index in [2.05, 4.69) is 457 Å². The number of fused-ring (bicyclic) bond motifs is 12. The second-order valence-corrected chi connectivity index (χ2v) is 44.7. The van der Waals surface area contributed by atoms with Gasteiger partial charge in [-0.15, -0.1) is 0 Å². The first-order valence-corrected chi connectivity index (χ1v) is 55.5. The Kier molecular flexibility index (Phi) is 25.4. The quantitative estimate of drug-likeness (QED) is 0.0221. The van der Waals surface area contributed by atoms with Crippen LogP contribution < -0.4 is 5.46 Å². The van der Waals surface area contributed by atoms with Crippen LogP contribution in [0.15, 0.2) is 379 Å². The van der Waals surface area contributed by atoms with Crippen molar-refractivity contribution >= 4 is 174 Å². The highest BCUT2D eigenvalue weighted by atomic mass is 79.9. The van der Waals surface area contributed by atoms with Gasteiger partial charge in [0.15, 0.2) is 0 Å². The molecule has 0 spiro atoms. The zero-order valence-electron chi connectivity index (χ0n) is 85.0. The van der Waals surface area contributed by atoms with Crippen molar-refractivity contribution in [1.29, 1.82) is 0 Å². The van der Waals surface area contributed by atoms with Gasteiger partial charge in [0.2, 0.25) is 0 Å².